The standard InChI is InChI=1S/C13H14BrClN2O/c1-8-12(13(15)17(2)16-8)11(18)7-9-3-5-10(14)6-4-9/h3-6,11,18H,7H2,1-2H3. The van der Waals surface area contributed by atoms with Crippen molar-refractivity contribution in [2.75, 3.05) is 0 Å². The van der Waals surface area contributed by atoms with Crippen LogP contribution in [0, 0.1) is 6.92 Å². The van der Waals surface area contributed by atoms with E-state index in [4.69, 9.17) is 11.6 Å². The van der Waals surface area contributed by atoms with Crippen LogP contribution in [-0.4, -0.2) is 14.9 Å². The van der Waals surface area contributed by atoms with Gasteiger partial charge in [0.05, 0.1) is 11.8 Å². The van der Waals surface area contributed by atoms with Gasteiger partial charge in [-0.15, -0.1) is 0 Å². The Kier molecular flexibility index (Phi) is 4.10. The highest BCUT2D eigenvalue weighted by Crippen LogP contribution is 2.28. The molecule has 2 rings (SSSR count). The summed E-state index contributed by atoms with van der Waals surface area (Å²) >= 11 is 9.52. The summed E-state index contributed by atoms with van der Waals surface area (Å²) in [4.78, 5) is 0. The Balaban J connectivity index is 2.21. The van der Waals surface area contributed by atoms with Crippen LogP contribution in [0.3, 0.4) is 0 Å². The molecular weight excluding hydrogens is 316 g/mol. The molecule has 0 aliphatic rings. The lowest BCUT2D eigenvalue weighted by molar-refractivity contribution is 0.178. The first-order valence-electron chi connectivity index (χ1n) is 5.60. The molecule has 0 spiro atoms. The second-order valence-electron chi connectivity index (χ2n) is 4.26. The average Bonchev–Trinajstić information content (AvgIpc) is 2.56. The first kappa shape index (κ1) is 13.6. The fraction of sp³-hybridized carbons (Fsp3) is 0.308. The highest BCUT2D eigenvalue weighted by atomic mass is 79.9. The van der Waals surface area contributed by atoms with Crippen LogP contribution in [0.2, 0.25) is 5.15 Å². The molecule has 1 aromatic heterocycles. The highest BCUT2D eigenvalue weighted by molar-refractivity contribution is 9.10. The van der Waals surface area contributed by atoms with E-state index in [1.54, 1.807) is 11.7 Å². The first-order valence-corrected chi connectivity index (χ1v) is 6.77. The maximum Gasteiger partial charge on any atom is 0.132 e. The predicted octanol–water partition coefficient (Wildman–Crippen LogP) is 3.42. The smallest absolute Gasteiger partial charge is 0.132 e. The Bertz CT molecular complexity index is 551. The number of hydrogen-bond donors (Lipinski definition) is 1. The van der Waals surface area contributed by atoms with Crippen LogP contribution in [0.1, 0.15) is 22.9 Å². The number of aliphatic hydroxyl groups excluding tert-OH is 1. The summed E-state index contributed by atoms with van der Waals surface area (Å²) in [7, 11) is 1.77. The average molecular weight is 330 g/mol. The van der Waals surface area contributed by atoms with Crippen molar-refractivity contribution in [2.45, 2.75) is 19.4 Å². The Labute approximate surface area is 120 Å². The van der Waals surface area contributed by atoms with Crippen molar-refractivity contribution in [3.05, 3.63) is 50.7 Å². The molecule has 0 aliphatic carbocycles. The second kappa shape index (κ2) is 5.43. The van der Waals surface area contributed by atoms with Crippen molar-refractivity contribution < 1.29 is 5.11 Å². The summed E-state index contributed by atoms with van der Waals surface area (Å²) in [5.74, 6) is 0. The van der Waals surface area contributed by atoms with Gasteiger partial charge in [-0.1, -0.05) is 39.7 Å². The minimum Gasteiger partial charge on any atom is -0.388 e. The van der Waals surface area contributed by atoms with Crippen molar-refractivity contribution in [1.82, 2.24) is 9.78 Å². The highest BCUT2D eigenvalue weighted by Gasteiger charge is 2.19. The number of benzene rings is 1. The van der Waals surface area contributed by atoms with Gasteiger partial charge in [-0.3, -0.25) is 4.68 Å². The number of aliphatic hydroxyl groups is 1. The van der Waals surface area contributed by atoms with Crippen LogP contribution in [0.25, 0.3) is 0 Å². The number of rotatable bonds is 3. The quantitative estimate of drug-likeness (QED) is 0.937. The van der Waals surface area contributed by atoms with Gasteiger partial charge in [-0.25, -0.2) is 0 Å². The molecule has 1 atom stereocenters. The fourth-order valence-electron chi connectivity index (χ4n) is 1.97. The van der Waals surface area contributed by atoms with Crippen LogP contribution >= 0.6 is 27.5 Å². The number of nitrogens with zero attached hydrogens (tertiary/aromatic N) is 2. The summed E-state index contributed by atoms with van der Waals surface area (Å²) in [5, 5.41) is 15.0. The topological polar surface area (TPSA) is 38.0 Å². The number of hydrogen-bond acceptors (Lipinski definition) is 2. The molecule has 5 heteroatoms. The van der Waals surface area contributed by atoms with E-state index in [1.807, 2.05) is 31.2 Å². The maximum atomic E-state index is 10.3. The second-order valence-corrected chi connectivity index (χ2v) is 5.53. The summed E-state index contributed by atoms with van der Waals surface area (Å²) in [5.41, 5.74) is 2.54. The molecule has 0 radical (unpaired) electrons. The van der Waals surface area contributed by atoms with Gasteiger partial charge < -0.3 is 5.11 Å². The molecule has 0 saturated carbocycles. The third kappa shape index (κ3) is 2.76. The normalized spacial score (nSPS) is 12.7. The van der Waals surface area contributed by atoms with Crippen molar-refractivity contribution in [3.63, 3.8) is 0 Å². The van der Waals surface area contributed by atoms with Gasteiger partial charge in [-0.2, -0.15) is 5.10 Å². The monoisotopic (exact) mass is 328 g/mol. The maximum absolute atomic E-state index is 10.3. The molecule has 0 saturated heterocycles. The molecule has 3 nitrogen and oxygen atoms in total. The van der Waals surface area contributed by atoms with Crippen molar-refractivity contribution in [3.8, 4) is 0 Å². The van der Waals surface area contributed by atoms with Gasteiger partial charge in [0.1, 0.15) is 5.15 Å². The lowest BCUT2D eigenvalue weighted by Gasteiger charge is -2.11. The summed E-state index contributed by atoms with van der Waals surface area (Å²) in [6, 6.07) is 7.87. The van der Waals surface area contributed by atoms with E-state index < -0.39 is 6.10 Å². The molecule has 0 fully saturated rings. The zero-order valence-corrected chi connectivity index (χ0v) is 12.5. The van der Waals surface area contributed by atoms with Crippen LogP contribution in [-0.2, 0) is 13.5 Å². The van der Waals surface area contributed by atoms with E-state index in [0.717, 1.165) is 15.7 Å². The molecule has 96 valence electrons. The predicted molar refractivity (Wildman–Crippen MR) is 75.8 cm³/mol. The number of aromatic nitrogens is 2. The molecule has 18 heavy (non-hydrogen) atoms. The van der Waals surface area contributed by atoms with E-state index in [2.05, 4.69) is 21.0 Å². The van der Waals surface area contributed by atoms with E-state index in [-0.39, 0.29) is 0 Å². The minimum absolute atomic E-state index is 0.497. The Hall–Kier alpha value is -0.840. The molecule has 1 unspecified atom stereocenters. The van der Waals surface area contributed by atoms with Crippen molar-refractivity contribution in [1.29, 1.82) is 0 Å². The summed E-state index contributed by atoms with van der Waals surface area (Å²) < 4.78 is 2.60. The van der Waals surface area contributed by atoms with Gasteiger partial charge in [-0.05, 0) is 24.6 Å². The Morgan fingerprint density at radius 3 is 2.50 bits per heavy atom. The van der Waals surface area contributed by atoms with Crippen molar-refractivity contribution >= 4 is 27.5 Å². The largest absolute Gasteiger partial charge is 0.388 e. The van der Waals surface area contributed by atoms with Crippen LogP contribution in [0.4, 0.5) is 0 Å². The molecule has 1 N–H and O–H groups in total. The molecule has 1 heterocycles. The van der Waals surface area contributed by atoms with Gasteiger partial charge in [0.25, 0.3) is 0 Å². The third-order valence-electron chi connectivity index (χ3n) is 2.87. The lowest BCUT2D eigenvalue weighted by atomic mass is 10.0. The lowest BCUT2D eigenvalue weighted by Crippen LogP contribution is -2.03. The van der Waals surface area contributed by atoms with Crippen LogP contribution < -0.4 is 0 Å². The summed E-state index contributed by atoms with van der Waals surface area (Å²) in [6.45, 7) is 1.85. The van der Waals surface area contributed by atoms with E-state index >= 15 is 0 Å². The van der Waals surface area contributed by atoms with Gasteiger partial charge >= 0.3 is 0 Å². The molecule has 0 aliphatic heterocycles. The number of halogens is 2. The zero-order chi connectivity index (χ0) is 13.3. The SMILES string of the molecule is Cc1nn(C)c(Cl)c1C(O)Cc1ccc(Br)cc1. The molecule has 1 aromatic carbocycles. The molecule has 0 amide bonds. The van der Waals surface area contributed by atoms with Crippen LogP contribution in [0.15, 0.2) is 28.7 Å². The molecule has 2 aromatic rings. The number of aryl methyl sites for hydroxylation is 2. The molecular formula is C13H14BrClN2O. The fourth-order valence-corrected chi connectivity index (χ4v) is 2.54. The summed E-state index contributed by atoms with van der Waals surface area (Å²) in [6.07, 6.45) is -0.105. The molecule has 0 bridgehead atoms. The first-order chi connectivity index (χ1) is 8.49. The third-order valence-corrected chi connectivity index (χ3v) is 3.85. The van der Waals surface area contributed by atoms with Gasteiger partial charge in [0, 0.05) is 23.5 Å². The van der Waals surface area contributed by atoms with E-state index in [1.165, 1.54) is 0 Å². The van der Waals surface area contributed by atoms with Crippen LogP contribution in [0.5, 0.6) is 0 Å². The zero-order valence-electron chi connectivity index (χ0n) is 10.2. The van der Waals surface area contributed by atoms with Gasteiger partial charge in [0.15, 0.2) is 0 Å². The van der Waals surface area contributed by atoms with Gasteiger partial charge in [0.2, 0.25) is 0 Å². The Morgan fingerprint density at radius 1 is 1.39 bits per heavy atom. The minimum atomic E-state index is -0.632. The van der Waals surface area contributed by atoms with E-state index in [9.17, 15) is 5.11 Å². The van der Waals surface area contributed by atoms with Crippen molar-refractivity contribution in [2.24, 2.45) is 7.05 Å². The van der Waals surface area contributed by atoms with E-state index in [0.29, 0.717) is 17.1 Å². The Morgan fingerprint density at radius 2 is 2.00 bits per heavy atom.